The van der Waals surface area contributed by atoms with Crippen molar-refractivity contribution in [1.82, 2.24) is 15.1 Å². The van der Waals surface area contributed by atoms with Gasteiger partial charge in [-0.3, -0.25) is 19.7 Å². The number of ether oxygens (including phenoxy) is 1. The van der Waals surface area contributed by atoms with Crippen LogP contribution in [0.4, 0.5) is 4.79 Å². The zero-order chi connectivity index (χ0) is 27.9. The second-order valence-electron chi connectivity index (χ2n) is 12.3. The van der Waals surface area contributed by atoms with Crippen LogP contribution in [0.1, 0.15) is 93.6 Å². The number of rotatable bonds is 3. The lowest BCUT2D eigenvalue weighted by Crippen LogP contribution is -2.55. The highest BCUT2D eigenvalue weighted by molar-refractivity contribution is 6.05. The fraction of sp³-hybridized carbons (Fsp3) is 0.600. The topological polar surface area (TPSA) is 122 Å². The number of amides is 4. The zero-order valence-electron chi connectivity index (χ0n) is 23.0. The number of piperidine rings is 1. The van der Waals surface area contributed by atoms with E-state index in [0.717, 1.165) is 49.7 Å². The highest BCUT2D eigenvalue weighted by atomic mass is 16.6. The number of nitrogens with two attached hydrogens (primary N) is 1. The van der Waals surface area contributed by atoms with Crippen LogP contribution in [0.3, 0.4) is 0 Å². The van der Waals surface area contributed by atoms with Crippen LogP contribution >= 0.6 is 0 Å². The summed E-state index contributed by atoms with van der Waals surface area (Å²) in [5.41, 5.74) is 7.80. The summed E-state index contributed by atoms with van der Waals surface area (Å²) in [6, 6.07) is 5.37. The third-order valence-corrected chi connectivity index (χ3v) is 8.19. The van der Waals surface area contributed by atoms with E-state index in [4.69, 9.17) is 10.5 Å². The molecule has 9 nitrogen and oxygen atoms in total. The van der Waals surface area contributed by atoms with E-state index in [1.807, 2.05) is 37.8 Å². The van der Waals surface area contributed by atoms with Crippen LogP contribution in [-0.4, -0.2) is 63.4 Å². The number of imide groups is 1. The summed E-state index contributed by atoms with van der Waals surface area (Å²) in [6.07, 6.45) is 5.58. The number of carbonyl (C=O) groups is 4. The highest BCUT2D eigenvalue weighted by Crippen LogP contribution is 2.37. The molecule has 4 aliphatic rings. The van der Waals surface area contributed by atoms with Crippen LogP contribution in [0.15, 0.2) is 18.2 Å². The quantitative estimate of drug-likeness (QED) is 0.454. The van der Waals surface area contributed by atoms with Gasteiger partial charge in [-0.2, -0.15) is 0 Å². The molecule has 5 rings (SSSR count). The number of benzene rings is 1. The molecule has 3 fully saturated rings. The average Bonchev–Trinajstić information content (AvgIpc) is 3.15. The Balaban J connectivity index is 1.22. The average molecular weight is 535 g/mol. The minimum absolute atomic E-state index is 0.109. The first-order valence-corrected chi connectivity index (χ1v) is 14.0. The molecule has 0 aromatic heterocycles. The number of nitrogens with one attached hydrogen (secondary N) is 1. The monoisotopic (exact) mass is 534 g/mol. The van der Waals surface area contributed by atoms with Crippen molar-refractivity contribution < 1.29 is 23.9 Å². The minimum Gasteiger partial charge on any atom is -0.444 e. The summed E-state index contributed by atoms with van der Waals surface area (Å²) in [6.45, 7) is 6.01. The van der Waals surface area contributed by atoms with Crippen molar-refractivity contribution in [3.8, 4) is 11.8 Å². The van der Waals surface area contributed by atoms with E-state index in [0.29, 0.717) is 18.5 Å². The molecule has 9 heteroatoms. The minimum atomic E-state index is -0.628. The fourth-order valence-corrected chi connectivity index (χ4v) is 6.06. The van der Waals surface area contributed by atoms with Gasteiger partial charge in [0.2, 0.25) is 11.8 Å². The summed E-state index contributed by atoms with van der Waals surface area (Å²) in [4.78, 5) is 53.3. The van der Waals surface area contributed by atoms with Gasteiger partial charge in [0.1, 0.15) is 11.6 Å². The van der Waals surface area contributed by atoms with Crippen molar-refractivity contribution in [2.75, 3.05) is 0 Å². The fourth-order valence-electron chi connectivity index (χ4n) is 6.06. The molecule has 1 atom stereocenters. The van der Waals surface area contributed by atoms with E-state index in [2.05, 4.69) is 17.2 Å². The van der Waals surface area contributed by atoms with Crippen LogP contribution in [0, 0.1) is 17.8 Å². The van der Waals surface area contributed by atoms with E-state index in [-0.39, 0.29) is 48.4 Å². The summed E-state index contributed by atoms with van der Waals surface area (Å²) < 4.78 is 5.76. The van der Waals surface area contributed by atoms with Crippen molar-refractivity contribution >= 4 is 23.8 Å². The zero-order valence-corrected chi connectivity index (χ0v) is 23.0. The van der Waals surface area contributed by atoms with Gasteiger partial charge < -0.3 is 20.3 Å². The summed E-state index contributed by atoms with van der Waals surface area (Å²) in [7, 11) is 0. The van der Waals surface area contributed by atoms with Crippen LogP contribution in [0.2, 0.25) is 0 Å². The van der Waals surface area contributed by atoms with Crippen molar-refractivity contribution in [1.29, 1.82) is 0 Å². The lowest BCUT2D eigenvalue weighted by molar-refractivity contribution is -0.136. The summed E-state index contributed by atoms with van der Waals surface area (Å²) >= 11 is 0. The van der Waals surface area contributed by atoms with Gasteiger partial charge >= 0.3 is 6.09 Å². The van der Waals surface area contributed by atoms with E-state index >= 15 is 0 Å². The molecule has 4 amide bonds. The summed E-state index contributed by atoms with van der Waals surface area (Å²) in [5, 5.41) is 2.33. The lowest BCUT2D eigenvalue weighted by atomic mass is 9.78. The van der Waals surface area contributed by atoms with Crippen molar-refractivity contribution in [3.63, 3.8) is 0 Å². The number of carbonyl (C=O) groups excluding carboxylic acids is 4. The molecule has 1 unspecified atom stereocenters. The maximum absolute atomic E-state index is 13.1. The highest BCUT2D eigenvalue weighted by Gasteiger charge is 2.42. The van der Waals surface area contributed by atoms with Crippen molar-refractivity contribution in [3.05, 3.63) is 34.9 Å². The van der Waals surface area contributed by atoms with Crippen LogP contribution < -0.4 is 11.1 Å². The molecule has 0 radical (unpaired) electrons. The molecule has 2 aliphatic carbocycles. The Labute approximate surface area is 229 Å². The molecule has 208 valence electrons. The predicted molar refractivity (Wildman–Crippen MR) is 144 cm³/mol. The molecule has 2 aliphatic heterocycles. The van der Waals surface area contributed by atoms with Gasteiger partial charge in [0.25, 0.3) is 5.91 Å². The lowest BCUT2D eigenvalue weighted by Gasteiger charge is -2.46. The molecule has 0 bridgehead atoms. The third-order valence-electron chi connectivity index (χ3n) is 8.19. The molecule has 1 saturated heterocycles. The standard InChI is InChI=1S/C30H38N4O5/c1-30(2,3)39-29(38)34(22-9-7-21(31)8-10-22)23-15-19(16-23)5-4-18-6-11-24-20(14-18)17-33(28(24)37)25-12-13-26(35)32-27(25)36/h6,11,14,19,21-23,25H,7-10,12-13,15-17,31H2,1-3H3,(H,32,35,36). The van der Waals surface area contributed by atoms with Gasteiger partial charge in [-0.05, 0) is 89.5 Å². The van der Waals surface area contributed by atoms with Gasteiger partial charge in [-0.25, -0.2) is 4.79 Å². The van der Waals surface area contributed by atoms with Crippen molar-refractivity contribution in [2.24, 2.45) is 11.7 Å². The van der Waals surface area contributed by atoms with Gasteiger partial charge in [0.05, 0.1) is 0 Å². The number of hydrogen-bond donors (Lipinski definition) is 2. The number of fused-ring (bicyclic) bond motifs is 1. The van der Waals surface area contributed by atoms with E-state index in [9.17, 15) is 19.2 Å². The largest absolute Gasteiger partial charge is 0.444 e. The number of nitrogens with zero attached hydrogens (tertiary/aromatic N) is 2. The van der Waals surface area contributed by atoms with Gasteiger partial charge in [-0.15, -0.1) is 0 Å². The molecule has 2 heterocycles. The smallest absolute Gasteiger partial charge is 0.410 e. The molecule has 1 aromatic rings. The van der Waals surface area contributed by atoms with Gasteiger partial charge in [-0.1, -0.05) is 11.8 Å². The van der Waals surface area contributed by atoms with Gasteiger partial charge in [0.15, 0.2) is 0 Å². The molecular formula is C30H38N4O5. The van der Waals surface area contributed by atoms with E-state index in [1.165, 1.54) is 0 Å². The Bertz CT molecular complexity index is 1230. The SMILES string of the molecule is CC(C)(C)OC(=O)N(C1CCC(N)CC1)C1CC(C#Cc2ccc3c(c2)CN(C2CCC(=O)NC2=O)C3=O)C1. The third kappa shape index (κ3) is 5.96. The Morgan fingerprint density at radius 1 is 1.08 bits per heavy atom. The van der Waals surface area contributed by atoms with Crippen molar-refractivity contribution in [2.45, 2.75) is 108 Å². The van der Waals surface area contributed by atoms with E-state index < -0.39 is 17.6 Å². The second kappa shape index (κ2) is 10.6. The maximum atomic E-state index is 13.1. The first kappa shape index (κ1) is 27.2. The molecule has 2 saturated carbocycles. The first-order chi connectivity index (χ1) is 18.5. The molecular weight excluding hydrogens is 496 g/mol. The normalized spacial score (nSPS) is 28.6. The first-order valence-electron chi connectivity index (χ1n) is 14.0. The maximum Gasteiger partial charge on any atom is 0.410 e. The second-order valence-corrected chi connectivity index (χ2v) is 12.3. The van der Waals surface area contributed by atoms with Crippen LogP contribution in [-0.2, 0) is 20.9 Å². The Hall–Kier alpha value is -3.38. The molecule has 39 heavy (non-hydrogen) atoms. The predicted octanol–water partition coefficient (Wildman–Crippen LogP) is 3.08. The Morgan fingerprint density at radius 3 is 2.46 bits per heavy atom. The number of hydrogen-bond acceptors (Lipinski definition) is 6. The van der Waals surface area contributed by atoms with E-state index in [1.54, 1.807) is 11.0 Å². The molecule has 0 spiro atoms. The Kier molecular flexibility index (Phi) is 7.43. The van der Waals surface area contributed by atoms with Crippen LogP contribution in [0.5, 0.6) is 0 Å². The Morgan fingerprint density at radius 2 is 1.79 bits per heavy atom. The van der Waals surface area contributed by atoms with Gasteiger partial charge in [0, 0.05) is 48.1 Å². The summed E-state index contributed by atoms with van der Waals surface area (Å²) in [5.74, 6) is 5.90. The molecule has 3 N–H and O–H groups in total. The van der Waals surface area contributed by atoms with Crippen LogP contribution in [0.25, 0.3) is 0 Å². The molecule has 1 aromatic carbocycles.